The predicted molar refractivity (Wildman–Crippen MR) is 84.0 cm³/mol. The molecule has 0 amide bonds. The Kier molecular flexibility index (Phi) is 3.36. The van der Waals surface area contributed by atoms with Gasteiger partial charge in [-0.3, -0.25) is 0 Å². The Labute approximate surface area is 123 Å². The lowest BCUT2D eigenvalue weighted by Gasteiger charge is -2.18. The summed E-state index contributed by atoms with van der Waals surface area (Å²) in [6.07, 6.45) is 1.99. The molecule has 2 aromatic heterocycles. The van der Waals surface area contributed by atoms with Crippen LogP contribution in [0, 0.1) is 6.92 Å². The van der Waals surface area contributed by atoms with Crippen molar-refractivity contribution >= 4 is 28.8 Å². The summed E-state index contributed by atoms with van der Waals surface area (Å²) in [7, 11) is 2.02. The van der Waals surface area contributed by atoms with E-state index in [9.17, 15) is 0 Å². The lowest BCUT2D eigenvalue weighted by molar-refractivity contribution is 1.07. The summed E-state index contributed by atoms with van der Waals surface area (Å²) in [5, 5.41) is 0. The molecule has 0 spiro atoms. The lowest BCUT2D eigenvalue weighted by atomic mass is 10.2. The quantitative estimate of drug-likeness (QED) is 0.674. The van der Waals surface area contributed by atoms with E-state index in [0.717, 1.165) is 22.8 Å². The fraction of sp³-hybridized carbons (Fsp3) is 0.188. The number of benzene rings is 1. The summed E-state index contributed by atoms with van der Waals surface area (Å²) in [5.41, 5.74) is 4.27. The summed E-state index contributed by atoms with van der Waals surface area (Å²) < 4.78 is 2.03. The minimum atomic E-state index is 0.427. The fourth-order valence-electron chi connectivity index (χ4n) is 2.32. The van der Waals surface area contributed by atoms with Gasteiger partial charge in [-0.15, -0.1) is 11.6 Å². The molecule has 0 N–H and O–H groups in total. The minimum Gasteiger partial charge on any atom is -0.328 e. The predicted octanol–water partition coefficient (Wildman–Crippen LogP) is 4.15. The molecule has 1 aromatic carbocycles. The van der Waals surface area contributed by atoms with Crippen LogP contribution in [0.25, 0.3) is 5.65 Å². The number of aromatic nitrogens is 2. The molecule has 2 heterocycles. The Morgan fingerprint density at radius 1 is 1.15 bits per heavy atom. The van der Waals surface area contributed by atoms with Crippen LogP contribution < -0.4 is 4.90 Å². The van der Waals surface area contributed by atoms with Gasteiger partial charge in [0.05, 0.1) is 11.6 Å². The van der Waals surface area contributed by atoms with E-state index < -0.39 is 0 Å². The third kappa shape index (κ3) is 2.14. The summed E-state index contributed by atoms with van der Waals surface area (Å²) in [6, 6.07) is 14.3. The first-order valence-electron chi connectivity index (χ1n) is 6.53. The van der Waals surface area contributed by atoms with E-state index in [1.807, 2.05) is 35.8 Å². The van der Waals surface area contributed by atoms with Gasteiger partial charge >= 0.3 is 0 Å². The molecule has 3 rings (SSSR count). The lowest BCUT2D eigenvalue weighted by Crippen LogP contribution is -2.11. The number of imidazole rings is 1. The number of anilines is 2. The maximum absolute atomic E-state index is 6.12. The van der Waals surface area contributed by atoms with Crippen molar-refractivity contribution in [3.8, 4) is 0 Å². The number of nitrogens with zero attached hydrogens (tertiary/aromatic N) is 3. The van der Waals surface area contributed by atoms with Crippen LogP contribution in [0.5, 0.6) is 0 Å². The van der Waals surface area contributed by atoms with E-state index in [1.165, 1.54) is 5.56 Å². The van der Waals surface area contributed by atoms with Crippen molar-refractivity contribution in [2.24, 2.45) is 0 Å². The van der Waals surface area contributed by atoms with Gasteiger partial charge in [0.15, 0.2) is 5.82 Å². The highest BCUT2D eigenvalue weighted by Gasteiger charge is 2.15. The average Bonchev–Trinajstić information content (AvgIpc) is 2.85. The monoisotopic (exact) mass is 285 g/mol. The van der Waals surface area contributed by atoms with Crippen molar-refractivity contribution in [3.05, 3.63) is 59.9 Å². The normalized spacial score (nSPS) is 10.9. The highest BCUT2D eigenvalue weighted by atomic mass is 35.5. The molecule has 0 saturated carbocycles. The van der Waals surface area contributed by atoms with Gasteiger partial charge in [-0.2, -0.15) is 0 Å². The van der Waals surface area contributed by atoms with Crippen LogP contribution in [0.15, 0.2) is 48.7 Å². The average molecular weight is 286 g/mol. The smallest absolute Gasteiger partial charge is 0.156 e. The van der Waals surface area contributed by atoms with E-state index in [2.05, 4.69) is 41.1 Å². The molecular formula is C16H16ClN3. The highest BCUT2D eigenvalue weighted by molar-refractivity contribution is 6.17. The van der Waals surface area contributed by atoms with Gasteiger partial charge in [0.2, 0.25) is 0 Å². The van der Waals surface area contributed by atoms with E-state index in [-0.39, 0.29) is 0 Å². The highest BCUT2D eigenvalue weighted by Crippen LogP contribution is 2.28. The zero-order chi connectivity index (χ0) is 14.1. The Morgan fingerprint density at radius 3 is 2.60 bits per heavy atom. The van der Waals surface area contributed by atoms with Crippen molar-refractivity contribution in [2.45, 2.75) is 12.8 Å². The summed E-state index contributed by atoms with van der Waals surface area (Å²) in [6.45, 7) is 2.08. The first-order valence-corrected chi connectivity index (χ1v) is 7.06. The van der Waals surface area contributed by atoms with E-state index in [1.54, 1.807) is 0 Å². The van der Waals surface area contributed by atoms with Crippen molar-refractivity contribution in [2.75, 3.05) is 11.9 Å². The summed E-state index contributed by atoms with van der Waals surface area (Å²) in [4.78, 5) is 6.76. The van der Waals surface area contributed by atoms with E-state index >= 15 is 0 Å². The van der Waals surface area contributed by atoms with Gasteiger partial charge in [-0.1, -0.05) is 23.8 Å². The molecule has 3 nitrogen and oxygen atoms in total. The van der Waals surface area contributed by atoms with Gasteiger partial charge in [0.1, 0.15) is 5.65 Å². The van der Waals surface area contributed by atoms with Gasteiger partial charge in [-0.05, 0) is 31.2 Å². The number of halogens is 1. The first kappa shape index (κ1) is 13.0. The van der Waals surface area contributed by atoms with Crippen molar-refractivity contribution < 1.29 is 0 Å². The molecule has 0 aliphatic rings. The third-order valence-corrected chi connectivity index (χ3v) is 3.73. The van der Waals surface area contributed by atoms with E-state index in [4.69, 9.17) is 11.6 Å². The second-order valence-electron chi connectivity index (χ2n) is 4.84. The van der Waals surface area contributed by atoms with Crippen LogP contribution in [-0.4, -0.2) is 16.4 Å². The van der Waals surface area contributed by atoms with Crippen molar-refractivity contribution in [3.63, 3.8) is 0 Å². The first-order chi connectivity index (χ1) is 9.70. The number of hydrogen-bond donors (Lipinski definition) is 0. The van der Waals surface area contributed by atoms with Crippen LogP contribution in [0.4, 0.5) is 11.5 Å². The number of fused-ring (bicyclic) bond motifs is 1. The number of rotatable bonds is 3. The van der Waals surface area contributed by atoms with Gasteiger partial charge in [0, 0.05) is 18.9 Å². The minimum absolute atomic E-state index is 0.427. The Hall–Kier alpha value is -2.00. The second-order valence-corrected chi connectivity index (χ2v) is 5.11. The number of aryl methyl sites for hydroxylation is 1. The van der Waals surface area contributed by atoms with Crippen LogP contribution in [0.3, 0.4) is 0 Å². The molecule has 0 bridgehead atoms. The zero-order valence-electron chi connectivity index (χ0n) is 11.5. The molecular weight excluding hydrogens is 270 g/mol. The van der Waals surface area contributed by atoms with Gasteiger partial charge in [-0.25, -0.2) is 4.98 Å². The third-order valence-electron chi connectivity index (χ3n) is 3.47. The van der Waals surface area contributed by atoms with Gasteiger partial charge < -0.3 is 9.30 Å². The second kappa shape index (κ2) is 5.17. The molecule has 0 aliphatic heterocycles. The largest absolute Gasteiger partial charge is 0.328 e. The fourth-order valence-corrected chi connectivity index (χ4v) is 2.57. The SMILES string of the molecule is Cc1ccc(N(C)c2nc3ccccn3c2CCl)cc1. The standard InChI is InChI=1S/C16H16ClN3/c1-12-6-8-13(9-7-12)19(2)16-14(11-17)20-10-4-3-5-15(20)18-16/h3-10H,11H2,1-2H3. The molecule has 20 heavy (non-hydrogen) atoms. The Balaban J connectivity index is 2.11. The maximum atomic E-state index is 6.12. The number of alkyl halides is 1. The molecule has 0 fully saturated rings. The molecule has 3 aromatic rings. The summed E-state index contributed by atoms with van der Waals surface area (Å²) >= 11 is 6.12. The van der Waals surface area contributed by atoms with Crippen molar-refractivity contribution in [1.82, 2.24) is 9.38 Å². The Bertz CT molecular complexity index is 731. The Morgan fingerprint density at radius 2 is 1.90 bits per heavy atom. The van der Waals surface area contributed by atoms with Crippen LogP contribution >= 0.6 is 11.6 Å². The maximum Gasteiger partial charge on any atom is 0.156 e. The van der Waals surface area contributed by atoms with Crippen LogP contribution in [0.2, 0.25) is 0 Å². The number of pyridine rings is 1. The molecule has 0 saturated heterocycles. The molecule has 0 aliphatic carbocycles. The molecule has 0 radical (unpaired) electrons. The van der Waals surface area contributed by atoms with Crippen molar-refractivity contribution in [1.29, 1.82) is 0 Å². The topological polar surface area (TPSA) is 20.5 Å². The number of hydrogen-bond acceptors (Lipinski definition) is 2. The molecule has 0 unspecified atom stereocenters. The van der Waals surface area contributed by atoms with Gasteiger partial charge in [0.25, 0.3) is 0 Å². The molecule has 0 atom stereocenters. The van der Waals surface area contributed by atoms with Crippen LogP contribution in [0.1, 0.15) is 11.3 Å². The van der Waals surface area contributed by atoms with Crippen LogP contribution in [-0.2, 0) is 5.88 Å². The molecule has 102 valence electrons. The van der Waals surface area contributed by atoms with E-state index in [0.29, 0.717) is 5.88 Å². The molecule has 4 heteroatoms. The zero-order valence-corrected chi connectivity index (χ0v) is 12.3. The summed E-state index contributed by atoms with van der Waals surface area (Å²) in [5.74, 6) is 1.33.